The summed E-state index contributed by atoms with van der Waals surface area (Å²) in [5.74, 6) is 0.899. The van der Waals surface area contributed by atoms with Crippen LogP contribution in [0.3, 0.4) is 0 Å². The number of hydrogen-bond donors (Lipinski definition) is 2. The molecular weight excluding hydrogens is 304 g/mol. The molecule has 1 amide bonds. The van der Waals surface area contributed by atoms with E-state index in [0.29, 0.717) is 25.4 Å². The number of nitrogens with zero attached hydrogens (tertiary/aromatic N) is 1. The number of methoxy groups -OCH3 is 1. The minimum Gasteiger partial charge on any atom is -0.508 e. The van der Waals surface area contributed by atoms with Gasteiger partial charge in [-0.1, -0.05) is 12.1 Å². The standard InChI is InChI=1S/C16H24N2O3.ClH/c1-21-15(9-17)8-16(20)18(10-12-5-6-12)11-13-3-2-4-14(19)7-13;/h2-4,7,12,15,19H,5-6,8-11,17H2,1H3;1H. The van der Waals surface area contributed by atoms with Gasteiger partial charge in [-0.25, -0.2) is 0 Å². The molecule has 2 rings (SSSR count). The number of carbonyl (C=O) groups is 1. The molecule has 1 aliphatic carbocycles. The van der Waals surface area contributed by atoms with E-state index in [4.69, 9.17) is 10.5 Å². The predicted molar refractivity (Wildman–Crippen MR) is 88.0 cm³/mol. The molecule has 0 saturated heterocycles. The van der Waals surface area contributed by atoms with Gasteiger partial charge in [-0.15, -0.1) is 12.4 Å². The minimum absolute atomic E-state index is 0. The summed E-state index contributed by atoms with van der Waals surface area (Å²) >= 11 is 0. The molecule has 1 saturated carbocycles. The van der Waals surface area contributed by atoms with Gasteiger partial charge in [0.05, 0.1) is 12.5 Å². The third-order valence-electron chi connectivity index (χ3n) is 3.81. The number of amides is 1. The summed E-state index contributed by atoms with van der Waals surface area (Å²) < 4.78 is 5.20. The molecule has 0 aliphatic heterocycles. The van der Waals surface area contributed by atoms with Crippen LogP contribution in [0.4, 0.5) is 0 Å². The van der Waals surface area contributed by atoms with Gasteiger partial charge in [0.2, 0.25) is 5.91 Å². The van der Waals surface area contributed by atoms with Crippen LogP contribution in [-0.2, 0) is 16.1 Å². The van der Waals surface area contributed by atoms with E-state index in [2.05, 4.69) is 0 Å². The lowest BCUT2D eigenvalue weighted by Gasteiger charge is -2.25. The summed E-state index contributed by atoms with van der Waals surface area (Å²) in [5.41, 5.74) is 6.52. The number of aromatic hydroxyl groups is 1. The molecule has 6 heteroatoms. The number of benzene rings is 1. The maximum atomic E-state index is 12.5. The fourth-order valence-electron chi connectivity index (χ4n) is 2.33. The zero-order chi connectivity index (χ0) is 15.2. The Morgan fingerprint density at radius 1 is 1.50 bits per heavy atom. The molecule has 0 radical (unpaired) electrons. The van der Waals surface area contributed by atoms with Gasteiger partial charge in [0.1, 0.15) is 5.75 Å². The van der Waals surface area contributed by atoms with Crippen molar-refractivity contribution in [3.05, 3.63) is 29.8 Å². The quantitative estimate of drug-likeness (QED) is 0.764. The van der Waals surface area contributed by atoms with Gasteiger partial charge in [-0.2, -0.15) is 0 Å². The lowest BCUT2D eigenvalue weighted by Crippen LogP contribution is -2.37. The van der Waals surface area contributed by atoms with Gasteiger partial charge < -0.3 is 20.5 Å². The van der Waals surface area contributed by atoms with Crippen molar-refractivity contribution >= 4 is 18.3 Å². The van der Waals surface area contributed by atoms with Crippen molar-refractivity contribution in [2.75, 3.05) is 20.2 Å². The Labute approximate surface area is 137 Å². The molecule has 0 bridgehead atoms. The molecule has 0 heterocycles. The molecule has 124 valence electrons. The number of halogens is 1. The van der Waals surface area contributed by atoms with Crippen molar-refractivity contribution in [3.8, 4) is 5.75 Å². The number of nitrogens with two attached hydrogens (primary N) is 1. The second-order valence-corrected chi connectivity index (χ2v) is 5.69. The Morgan fingerprint density at radius 2 is 2.23 bits per heavy atom. The summed E-state index contributed by atoms with van der Waals surface area (Å²) in [6.45, 7) is 1.63. The molecule has 3 N–H and O–H groups in total. The van der Waals surface area contributed by atoms with E-state index in [0.717, 1.165) is 12.1 Å². The van der Waals surface area contributed by atoms with Crippen molar-refractivity contribution in [3.63, 3.8) is 0 Å². The van der Waals surface area contributed by atoms with Gasteiger partial charge in [-0.3, -0.25) is 4.79 Å². The monoisotopic (exact) mass is 328 g/mol. The first-order chi connectivity index (χ1) is 10.1. The molecule has 1 atom stereocenters. The normalized spacial score (nSPS) is 15.0. The molecule has 1 aliphatic rings. The zero-order valence-electron chi connectivity index (χ0n) is 12.9. The Balaban J connectivity index is 0.00000242. The summed E-state index contributed by atoms with van der Waals surface area (Å²) in [4.78, 5) is 14.3. The van der Waals surface area contributed by atoms with Crippen LogP contribution in [-0.4, -0.2) is 42.2 Å². The predicted octanol–water partition coefficient (Wildman–Crippen LogP) is 1.92. The molecule has 0 spiro atoms. The smallest absolute Gasteiger partial charge is 0.225 e. The average molecular weight is 329 g/mol. The summed E-state index contributed by atoms with van der Waals surface area (Å²) in [6, 6.07) is 7.04. The topological polar surface area (TPSA) is 75.8 Å². The van der Waals surface area contributed by atoms with Crippen LogP contribution in [0.5, 0.6) is 5.75 Å². The number of carbonyl (C=O) groups excluding carboxylic acids is 1. The molecule has 1 aromatic carbocycles. The van der Waals surface area contributed by atoms with E-state index in [1.165, 1.54) is 12.8 Å². The molecule has 5 nitrogen and oxygen atoms in total. The Bertz CT molecular complexity index is 476. The average Bonchev–Trinajstić information content (AvgIpc) is 3.28. The van der Waals surface area contributed by atoms with Crippen molar-refractivity contribution in [2.24, 2.45) is 11.7 Å². The number of phenolic OH excluding ortho intramolecular Hbond substituents is 1. The Hall–Kier alpha value is -1.30. The lowest BCUT2D eigenvalue weighted by molar-refractivity contribution is -0.134. The van der Waals surface area contributed by atoms with Crippen LogP contribution in [0.2, 0.25) is 0 Å². The number of phenols is 1. The molecule has 0 aromatic heterocycles. The van der Waals surface area contributed by atoms with Crippen LogP contribution in [0.1, 0.15) is 24.8 Å². The van der Waals surface area contributed by atoms with Gasteiger partial charge in [0.15, 0.2) is 0 Å². The van der Waals surface area contributed by atoms with Crippen molar-refractivity contribution < 1.29 is 14.6 Å². The van der Waals surface area contributed by atoms with E-state index in [9.17, 15) is 9.90 Å². The highest BCUT2D eigenvalue weighted by molar-refractivity contribution is 5.85. The first-order valence-corrected chi connectivity index (χ1v) is 7.41. The van der Waals surface area contributed by atoms with Crippen LogP contribution in [0.25, 0.3) is 0 Å². The molecule has 22 heavy (non-hydrogen) atoms. The van der Waals surface area contributed by atoms with E-state index in [-0.39, 0.29) is 30.2 Å². The number of rotatable bonds is 8. The fourth-order valence-corrected chi connectivity index (χ4v) is 2.33. The largest absolute Gasteiger partial charge is 0.508 e. The summed E-state index contributed by atoms with van der Waals surface area (Å²) in [6.07, 6.45) is 2.45. The Morgan fingerprint density at radius 3 is 2.77 bits per heavy atom. The second kappa shape index (κ2) is 8.98. The third kappa shape index (κ3) is 5.83. The molecule has 1 unspecified atom stereocenters. The maximum Gasteiger partial charge on any atom is 0.225 e. The first kappa shape index (κ1) is 18.7. The minimum atomic E-state index is -0.233. The van der Waals surface area contributed by atoms with Gasteiger partial charge in [-0.05, 0) is 36.5 Å². The Kier molecular flexibility index (Phi) is 7.65. The van der Waals surface area contributed by atoms with E-state index >= 15 is 0 Å². The highest BCUT2D eigenvalue weighted by atomic mass is 35.5. The fraction of sp³-hybridized carbons (Fsp3) is 0.562. The van der Waals surface area contributed by atoms with Crippen molar-refractivity contribution in [2.45, 2.75) is 31.9 Å². The molecule has 1 fully saturated rings. The van der Waals surface area contributed by atoms with Crippen molar-refractivity contribution in [1.29, 1.82) is 0 Å². The van der Waals surface area contributed by atoms with Crippen molar-refractivity contribution in [1.82, 2.24) is 4.90 Å². The lowest BCUT2D eigenvalue weighted by atomic mass is 10.1. The van der Waals surface area contributed by atoms with Gasteiger partial charge in [0, 0.05) is 26.7 Å². The molecule has 1 aromatic rings. The van der Waals surface area contributed by atoms with Gasteiger partial charge >= 0.3 is 0 Å². The van der Waals surface area contributed by atoms with Crippen LogP contribution in [0, 0.1) is 5.92 Å². The number of ether oxygens (including phenoxy) is 1. The highest BCUT2D eigenvalue weighted by Crippen LogP contribution is 2.30. The first-order valence-electron chi connectivity index (χ1n) is 7.41. The van der Waals surface area contributed by atoms with Gasteiger partial charge in [0.25, 0.3) is 0 Å². The highest BCUT2D eigenvalue weighted by Gasteiger charge is 2.27. The third-order valence-corrected chi connectivity index (χ3v) is 3.81. The second-order valence-electron chi connectivity index (χ2n) is 5.69. The maximum absolute atomic E-state index is 12.5. The zero-order valence-corrected chi connectivity index (χ0v) is 13.7. The SMILES string of the molecule is COC(CN)CC(=O)N(Cc1cccc(O)c1)CC1CC1.Cl. The molecular formula is C16H25ClN2O3. The number of hydrogen-bond acceptors (Lipinski definition) is 4. The van der Waals surface area contributed by atoms with E-state index in [1.807, 2.05) is 11.0 Å². The van der Waals surface area contributed by atoms with E-state index in [1.54, 1.807) is 25.3 Å². The van der Waals surface area contributed by atoms with E-state index < -0.39 is 0 Å². The van der Waals surface area contributed by atoms with Crippen LogP contribution in [0.15, 0.2) is 24.3 Å². The summed E-state index contributed by atoms with van der Waals surface area (Å²) in [5, 5.41) is 9.54. The van der Waals surface area contributed by atoms with Crippen LogP contribution < -0.4 is 5.73 Å². The van der Waals surface area contributed by atoms with Crippen LogP contribution >= 0.6 is 12.4 Å². The summed E-state index contributed by atoms with van der Waals surface area (Å²) in [7, 11) is 1.57.